The highest BCUT2D eigenvalue weighted by atomic mass is 35.5. The van der Waals surface area contributed by atoms with Crippen molar-refractivity contribution < 1.29 is 28.5 Å². The van der Waals surface area contributed by atoms with Gasteiger partial charge in [-0.15, -0.1) is 0 Å². The molecule has 1 aliphatic rings. The summed E-state index contributed by atoms with van der Waals surface area (Å²) in [6.45, 7) is -0.168. The largest absolute Gasteiger partial charge is 0.491 e. The quantitative estimate of drug-likeness (QED) is 0.804. The van der Waals surface area contributed by atoms with Crippen LogP contribution in [0.4, 0.5) is 8.78 Å². The zero-order chi connectivity index (χ0) is 19.6. The first-order valence-electron chi connectivity index (χ1n) is 8.65. The van der Waals surface area contributed by atoms with E-state index in [-0.39, 0.29) is 19.1 Å². The third-order valence-electron chi connectivity index (χ3n) is 4.68. The van der Waals surface area contributed by atoms with Gasteiger partial charge in [0.25, 0.3) is 0 Å². The number of aliphatic hydroxyl groups excluding tert-OH is 2. The van der Waals surface area contributed by atoms with Crippen LogP contribution in [0.15, 0.2) is 30.3 Å². The van der Waals surface area contributed by atoms with Crippen molar-refractivity contribution in [2.24, 2.45) is 0 Å². The first kappa shape index (κ1) is 20.0. The van der Waals surface area contributed by atoms with Gasteiger partial charge in [0.05, 0.1) is 32.0 Å². The molecule has 3 unspecified atom stereocenters. The normalized spacial score (nSPS) is 22.7. The number of benzene rings is 2. The summed E-state index contributed by atoms with van der Waals surface area (Å²) in [5, 5.41) is 19.8. The minimum atomic E-state index is -0.774. The molecule has 7 heteroatoms. The molecule has 1 saturated heterocycles. The molecular weight excluding hydrogens is 378 g/mol. The second kappa shape index (κ2) is 8.52. The SMILES string of the molecule is COc1c(F)cc(Cc2cc(C3CC(O)CC(CO)O3)ccc2Cl)cc1F. The lowest BCUT2D eigenvalue weighted by molar-refractivity contribution is -0.113. The number of rotatable bonds is 5. The van der Waals surface area contributed by atoms with Crippen molar-refractivity contribution >= 4 is 11.6 Å². The van der Waals surface area contributed by atoms with Crippen molar-refractivity contribution in [3.63, 3.8) is 0 Å². The highest BCUT2D eigenvalue weighted by Gasteiger charge is 2.29. The van der Waals surface area contributed by atoms with Crippen LogP contribution < -0.4 is 4.74 Å². The van der Waals surface area contributed by atoms with Crippen LogP contribution in [0.3, 0.4) is 0 Å². The molecule has 1 heterocycles. The minimum Gasteiger partial charge on any atom is -0.491 e. The Labute approximate surface area is 161 Å². The van der Waals surface area contributed by atoms with Crippen molar-refractivity contribution in [2.75, 3.05) is 13.7 Å². The Hall–Kier alpha value is -1.73. The van der Waals surface area contributed by atoms with Crippen LogP contribution in [0.25, 0.3) is 0 Å². The standard InChI is InChI=1S/C20H21ClF2O4/c1-26-20-17(22)5-11(6-18(20)23)4-13-7-12(2-3-16(13)21)19-9-14(25)8-15(10-24)27-19/h2-3,5-7,14-15,19,24-25H,4,8-10H2,1H3. The van der Waals surface area contributed by atoms with Crippen LogP contribution in [0.5, 0.6) is 5.75 Å². The Balaban J connectivity index is 1.86. The van der Waals surface area contributed by atoms with Gasteiger partial charge >= 0.3 is 0 Å². The number of halogens is 3. The second-order valence-corrected chi connectivity index (χ2v) is 7.08. The van der Waals surface area contributed by atoms with Gasteiger partial charge in [-0.25, -0.2) is 8.78 Å². The molecule has 0 aromatic heterocycles. The monoisotopic (exact) mass is 398 g/mol. The van der Waals surface area contributed by atoms with Crippen molar-refractivity contribution in [2.45, 2.75) is 37.6 Å². The van der Waals surface area contributed by atoms with Gasteiger partial charge in [0.2, 0.25) is 0 Å². The molecule has 27 heavy (non-hydrogen) atoms. The van der Waals surface area contributed by atoms with E-state index >= 15 is 0 Å². The number of ether oxygens (including phenoxy) is 2. The van der Waals surface area contributed by atoms with Gasteiger partial charge in [-0.1, -0.05) is 23.7 Å². The molecule has 0 saturated carbocycles. The van der Waals surface area contributed by atoms with Gasteiger partial charge in [-0.05, 0) is 41.3 Å². The minimum absolute atomic E-state index is 0.168. The third-order valence-corrected chi connectivity index (χ3v) is 5.05. The zero-order valence-electron chi connectivity index (χ0n) is 14.8. The molecular formula is C20H21ClF2O4. The van der Waals surface area contributed by atoms with Crippen LogP contribution in [0.2, 0.25) is 5.02 Å². The van der Waals surface area contributed by atoms with E-state index in [0.717, 1.165) is 5.56 Å². The number of hydrogen-bond acceptors (Lipinski definition) is 4. The second-order valence-electron chi connectivity index (χ2n) is 6.67. The Kier molecular flexibility index (Phi) is 6.32. The van der Waals surface area contributed by atoms with E-state index in [1.54, 1.807) is 18.2 Å². The van der Waals surface area contributed by atoms with E-state index in [4.69, 9.17) is 21.1 Å². The molecule has 0 radical (unpaired) electrons. The molecule has 0 bridgehead atoms. The fraction of sp³-hybridized carbons (Fsp3) is 0.400. The van der Waals surface area contributed by atoms with Gasteiger partial charge in [-0.3, -0.25) is 0 Å². The maximum atomic E-state index is 13.9. The lowest BCUT2D eigenvalue weighted by atomic mass is 9.94. The van der Waals surface area contributed by atoms with E-state index in [9.17, 15) is 19.0 Å². The molecule has 2 N–H and O–H groups in total. The zero-order valence-corrected chi connectivity index (χ0v) is 15.5. The fourth-order valence-electron chi connectivity index (χ4n) is 3.38. The molecule has 4 nitrogen and oxygen atoms in total. The first-order chi connectivity index (χ1) is 12.9. The average Bonchev–Trinajstić information content (AvgIpc) is 2.62. The van der Waals surface area contributed by atoms with Crippen LogP contribution >= 0.6 is 11.6 Å². The maximum Gasteiger partial charge on any atom is 0.190 e. The summed E-state index contributed by atoms with van der Waals surface area (Å²) in [7, 11) is 1.21. The molecule has 0 spiro atoms. The van der Waals surface area contributed by atoms with Gasteiger partial charge in [0, 0.05) is 17.9 Å². The molecule has 2 aromatic rings. The van der Waals surface area contributed by atoms with Crippen LogP contribution in [0.1, 0.15) is 35.6 Å². The van der Waals surface area contributed by atoms with Gasteiger partial charge < -0.3 is 19.7 Å². The Morgan fingerprint density at radius 1 is 1.19 bits per heavy atom. The van der Waals surface area contributed by atoms with Crippen LogP contribution in [0, 0.1) is 11.6 Å². The lowest BCUT2D eigenvalue weighted by Gasteiger charge is -2.32. The fourth-order valence-corrected chi connectivity index (χ4v) is 3.57. The molecule has 3 rings (SSSR count). The summed E-state index contributed by atoms with van der Waals surface area (Å²) in [6, 6.07) is 7.72. The molecule has 146 valence electrons. The van der Waals surface area contributed by atoms with E-state index in [1.165, 1.54) is 19.2 Å². The summed E-state index contributed by atoms with van der Waals surface area (Å²) in [5.74, 6) is -1.97. The lowest BCUT2D eigenvalue weighted by Crippen LogP contribution is -2.33. The highest BCUT2D eigenvalue weighted by Crippen LogP contribution is 2.34. The molecule has 3 atom stereocenters. The van der Waals surface area contributed by atoms with Crippen molar-refractivity contribution in [3.8, 4) is 5.75 Å². The number of methoxy groups -OCH3 is 1. The molecule has 1 fully saturated rings. The number of hydrogen-bond donors (Lipinski definition) is 2. The molecule has 0 aliphatic carbocycles. The summed E-state index contributed by atoms with van der Waals surface area (Å²) < 4.78 is 38.4. The van der Waals surface area contributed by atoms with Crippen molar-refractivity contribution in [1.82, 2.24) is 0 Å². The Morgan fingerprint density at radius 2 is 1.89 bits per heavy atom. The van der Waals surface area contributed by atoms with E-state index in [2.05, 4.69) is 0 Å². The predicted molar refractivity (Wildman–Crippen MR) is 97.1 cm³/mol. The van der Waals surface area contributed by atoms with E-state index in [0.29, 0.717) is 29.0 Å². The van der Waals surface area contributed by atoms with Crippen molar-refractivity contribution in [3.05, 3.63) is 63.7 Å². The highest BCUT2D eigenvalue weighted by molar-refractivity contribution is 6.31. The number of aliphatic hydroxyl groups is 2. The van der Waals surface area contributed by atoms with Crippen molar-refractivity contribution in [1.29, 1.82) is 0 Å². The summed E-state index contributed by atoms with van der Waals surface area (Å²) in [4.78, 5) is 0. The third kappa shape index (κ3) is 4.58. The van der Waals surface area contributed by atoms with Gasteiger partial charge in [0.1, 0.15) is 0 Å². The summed E-state index contributed by atoms with van der Waals surface area (Å²) in [6.07, 6.45) is -0.358. The maximum absolute atomic E-state index is 13.9. The summed E-state index contributed by atoms with van der Waals surface area (Å²) >= 11 is 6.27. The van der Waals surface area contributed by atoms with E-state index in [1.807, 2.05) is 0 Å². The molecule has 2 aromatic carbocycles. The Morgan fingerprint density at radius 3 is 2.52 bits per heavy atom. The van der Waals surface area contributed by atoms with Gasteiger partial charge in [-0.2, -0.15) is 0 Å². The van der Waals surface area contributed by atoms with Crippen LogP contribution in [-0.4, -0.2) is 36.1 Å². The predicted octanol–water partition coefficient (Wildman–Crippen LogP) is 3.79. The molecule has 1 aliphatic heterocycles. The van der Waals surface area contributed by atoms with E-state index < -0.39 is 29.6 Å². The van der Waals surface area contributed by atoms with Gasteiger partial charge in [0.15, 0.2) is 17.4 Å². The summed E-state index contributed by atoms with van der Waals surface area (Å²) in [5.41, 5.74) is 1.89. The first-order valence-corrected chi connectivity index (χ1v) is 9.03. The smallest absolute Gasteiger partial charge is 0.190 e. The Bertz CT molecular complexity index is 792. The molecule has 0 amide bonds. The average molecular weight is 399 g/mol. The van der Waals surface area contributed by atoms with Crippen LogP contribution in [-0.2, 0) is 11.2 Å². The topological polar surface area (TPSA) is 58.9 Å².